The molecule has 0 amide bonds. The normalized spacial score (nSPS) is 16.3. The fourth-order valence-corrected chi connectivity index (χ4v) is 4.63. The number of aliphatic imine (C=N–C) groups is 1. The molecule has 0 unspecified atom stereocenters. The molecule has 29 heavy (non-hydrogen) atoms. The molecule has 7 heteroatoms. The third-order valence-electron chi connectivity index (χ3n) is 5.25. The largest absolute Gasteiger partial charge is 0.466 e. The van der Waals surface area contributed by atoms with Gasteiger partial charge in [0.2, 0.25) is 0 Å². The fourth-order valence-electron chi connectivity index (χ4n) is 3.71. The molecule has 0 atom stereocenters. The van der Waals surface area contributed by atoms with Crippen LogP contribution in [0, 0.1) is 6.92 Å². The highest BCUT2D eigenvalue weighted by Gasteiger charge is 2.26. The van der Waals surface area contributed by atoms with E-state index in [0.29, 0.717) is 13.0 Å². The average Bonchev–Trinajstić information content (AvgIpc) is 3.02. The van der Waals surface area contributed by atoms with Crippen LogP contribution in [0.1, 0.15) is 30.2 Å². The highest BCUT2D eigenvalue weighted by Crippen LogP contribution is 2.39. The molecule has 1 aromatic carbocycles. The van der Waals surface area contributed by atoms with Crippen molar-refractivity contribution >= 4 is 39.5 Å². The summed E-state index contributed by atoms with van der Waals surface area (Å²) in [5.41, 5.74) is 3.21. The lowest BCUT2D eigenvalue weighted by Crippen LogP contribution is -2.49. The van der Waals surface area contributed by atoms with Crippen molar-refractivity contribution in [3.8, 4) is 0 Å². The molecule has 3 heterocycles. The highest BCUT2D eigenvalue weighted by atomic mass is 32.1. The minimum atomic E-state index is -0.0940. The zero-order valence-electron chi connectivity index (χ0n) is 17.1. The van der Waals surface area contributed by atoms with E-state index in [-0.39, 0.29) is 5.97 Å². The van der Waals surface area contributed by atoms with Gasteiger partial charge in [-0.25, -0.2) is 4.99 Å². The van der Waals surface area contributed by atoms with Gasteiger partial charge in [-0.2, -0.15) is 0 Å². The van der Waals surface area contributed by atoms with Crippen molar-refractivity contribution < 1.29 is 9.53 Å². The number of hydrogen-bond acceptors (Lipinski definition) is 7. The number of nitrogens with one attached hydrogen (secondary N) is 1. The number of anilines is 2. The molecule has 0 saturated carbocycles. The van der Waals surface area contributed by atoms with E-state index in [4.69, 9.17) is 9.73 Å². The molecule has 4 rings (SSSR count). The zero-order chi connectivity index (χ0) is 20.2. The lowest BCUT2D eigenvalue weighted by Gasteiger charge is -2.36. The summed E-state index contributed by atoms with van der Waals surface area (Å²) in [6.45, 7) is 9.08. The minimum Gasteiger partial charge on any atom is -0.466 e. The van der Waals surface area contributed by atoms with Gasteiger partial charge in [0, 0.05) is 37.6 Å². The summed E-state index contributed by atoms with van der Waals surface area (Å²) in [5.74, 6) is 0.951. The second kappa shape index (κ2) is 8.97. The second-order valence-corrected chi connectivity index (χ2v) is 8.73. The predicted molar refractivity (Wildman–Crippen MR) is 119 cm³/mol. The lowest BCUT2D eigenvalue weighted by molar-refractivity contribution is -0.144. The summed E-state index contributed by atoms with van der Waals surface area (Å²) >= 11 is 1.77. The van der Waals surface area contributed by atoms with Crippen LogP contribution in [0.2, 0.25) is 0 Å². The quantitative estimate of drug-likeness (QED) is 0.748. The van der Waals surface area contributed by atoms with E-state index in [1.807, 2.05) is 19.1 Å². The van der Waals surface area contributed by atoms with Crippen LogP contribution in [0.4, 0.5) is 16.4 Å². The van der Waals surface area contributed by atoms with Crippen molar-refractivity contribution in [3.63, 3.8) is 0 Å². The number of carbonyl (C=O) groups is 1. The van der Waals surface area contributed by atoms with E-state index < -0.39 is 0 Å². The van der Waals surface area contributed by atoms with Crippen molar-refractivity contribution in [1.82, 2.24) is 9.80 Å². The topological polar surface area (TPSA) is 57.2 Å². The number of carbonyl (C=O) groups excluding carboxylic acids is 1. The Morgan fingerprint density at radius 3 is 2.83 bits per heavy atom. The Morgan fingerprint density at radius 1 is 1.24 bits per heavy atom. The number of aryl methyl sites for hydroxylation is 1. The molecule has 0 radical (unpaired) electrons. The molecule has 0 bridgehead atoms. The monoisotopic (exact) mass is 412 g/mol. The molecule has 2 aliphatic heterocycles. The van der Waals surface area contributed by atoms with Crippen molar-refractivity contribution in [3.05, 3.63) is 40.8 Å². The maximum atomic E-state index is 11.8. The van der Waals surface area contributed by atoms with Crippen LogP contribution < -0.4 is 5.32 Å². The van der Waals surface area contributed by atoms with E-state index in [9.17, 15) is 4.79 Å². The summed E-state index contributed by atoms with van der Waals surface area (Å²) in [7, 11) is 0. The van der Waals surface area contributed by atoms with Gasteiger partial charge in [0.05, 0.1) is 30.0 Å². The number of ether oxygens (including phenoxy) is 1. The molecule has 2 aliphatic rings. The Hall–Kier alpha value is -2.38. The molecule has 1 fully saturated rings. The number of hydrogen-bond donors (Lipinski definition) is 1. The first-order valence-corrected chi connectivity index (χ1v) is 11.1. The lowest BCUT2D eigenvalue weighted by atomic mass is 10.2. The van der Waals surface area contributed by atoms with E-state index in [2.05, 4.69) is 40.2 Å². The Kier molecular flexibility index (Phi) is 6.16. The van der Waals surface area contributed by atoms with Crippen LogP contribution >= 0.6 is 11.3 Å². The summed E-state index contributed by atoms with van der Waals surface area (Å²) in [6, 6.07) is 10.4. The maximum Gasteiger partial charge on any atom is 0.307 e. The third-order valence-corrected chi connectivity index (χ3v) is 6.21. The number of nitrogens with zero attached hydrogens (tertiary/aromatic N) is 3. The van der Waals surface area contributed by atoms with E-state index in [1.54, 1.807) is 11.3 Å². The smallest absolute Gasteiger partial charge is 0.307 e. The zero-order valence-corrected chi connectivity index (χ0v) is 17.9. The molecule has 0 spiro atoms. The van der Waals surface area contributed by atoms with E-state index in [0.717, 1.165) is 61.4 Å². The van der Waals surface area contributed by atoms with Gasteiger partial charge in [-0.1, -0.05) is 19.1 Å². The number of fused-ring (bicyclic) bond motifs is 2. The van der Waals surface area contributed by atoms with Gasteiger partial charge in [-0.15, -0.1) is 11.3 Å². The Balaban J connectivity index is 1.45. The molecular formula is C22H28N4O2S. The third kappa shape index (κ3) is 4.62. The van der Waals surface area contributed by atoms with Crippen LogP contribution in [0.3, 0.4) is 0 Å². The van der Waals surface area contributed by atoms with Gasteiger partial charge >= 0.3 is 5.97 Å². The van der Waals surface area contributed by atoms with Gasteiger partial charge < -0.3 is 15.0 Å². The number of piperazine rings is 1. The first-order chi connectivity index (χ1) is 14.1. The number of benzene rings is 1. The van der Waals surface area contributed by atoms with Crippen LogP contribution in [0.5, 0.6) is 0 Å². The first-order valence-electron chi connectivity index (χ1n) is 10.3. The van der Waals surface area contributed by atoms with Gasteiger partial charge in [0.25, 0.3) is 0 Å². The van der Waals surface area contributed by atoms with Crippen LogP contribution in [0.25, 0.3) is 0 Å². The molecule has 1 saturated heterocycles. The summed E-state index contributed by atoms with van der Waals surface area (Å²) in [4.78, 5) is 22.8. The van der Waals surface area contributed by atoms with Gasteiger partial charge in [-0.05, 0) is 31.5 Å². The Morgan fingerprint density at radius 2 is 2.03 bits per heavy atom. The van der Waals surface area contributed by atoms with Crippen molar-refractivity contribution in [2.45, 2.75) is 26.7 Å². The molecular weight excluding hydrogens is 384 g/mol. The van der Waals surface area contributed by atoms with Gasteiger partial charge in [0.1, 0.15) is 10.8 Å². The molecule has 6 nitrogen and oxygen atoms in total. The van der Waals surface area contributed by atoms with Crippen molar-refractivity contribution in [2.75, 3.05) is 44.6 Å². The van der Waals surface area contributed by atoms with Crippen LogP contribution in [0.15, 0.2) is 35.3 Å². The Labute approximate surface area is 176 Å². The number of thiophene rings is 1. The molecule has 2 aromatic rings. The number of rotatable bonds is 5. The van der Waals surface area contributed by atoms with Gasteiger partial charge in [-0.3, -0.25) is 9.69 Å². The predicted octanol–water partition coefficient (Wildman–Crippen LogP) is 4.15. The van der Waals surface area contributed by atoms with Gasteiger partial charge in [0.15, 0.2) is 0 Å². The van der Waals surface area contributed by atoms with E-state index >= 15 is 0 Å². The minimum absolute atomic E-state index is 0.0940. The van der Waals surface area contributed by atoms with Crippen LogP contribution in [-0.4, -0.2) is 60.9 Å². The Bertz CT molecular complexity index is 900. The number of esters is 1. The SMILES string of the molecule is CCCOC(=O)CCN1CCN(C2=Nc3ccccc3Nc3sc(C)cc32)CC1. The fraction of sp³-hybridized carbons (Fsp3) is 0.455. The summed E-state index contributed by atoms with van der Waals surface area (Å²) in [5, 5.41) is 4.73. The van der Waals surface area contributed by atoms with Crippen molar-refractivity contribution in [2.24, 2.45) is 4.99 Å². The molecule has 0 aliphatic carbocycles. The highest BCUT2D eigenvalue weighted by molar-refractivity contribution is 7.16. The number of para-hydroxylation sites is 2. The average molecular weight is 413 g/mol. The van der Waals surface area contributed by atoms with Crippen LogP contribution in [-0.2, 0) is 9.53 Å². The summed E-state index contributed by atoms with van der Waals surface area (Å²) in [6.07, 6.45) is 1.33. The molecule has 1 aromatic heterocycles. The molecule has 154 valence electrons. The van der Waals surface area contributed by atoms with Crippen molar-refractivity contribution in [1.29, 1.82) is 0 Å². The van der Waals surface area contributed by atoms with E-state index in [1.165, 1.54) is 10.4 Å². The second-order valence-electron chi connectivity index (χ2n) is 7.48. The number of amidine groups is 1. The first kappa shape index (κ1) is 19.9. The standard InChI is InChI=1S/C22H28N4O2S/c1-3-14-28-20(27)8-9-25-10-12-26(13-11-25)21-17-15-16(2)29-22(17)24-19-7-5-4-6-18(19)23-21/h4-7,15,24H,3,8-14H2,1-2H3. The maximum absolute atomic E-state index is 11.8. The summed E-state index contributed by atoms with van der Waals surface area (Å²) < 4.78 is 5.19. The molecule has 1 N–H and O–H groups in total.